The zero-order chi connectivity index (χ0) is 12.6. The van der Waals surface area contributed by atoms with Gasteiger partial charge < -0.3 is 0 Å². The first-order valence-corrected chi connectivity index (χ1v) is 6.47. The molecular weight excluding hydrogens is 206 g/mol. The fourth-order valence-corrected chi connectivity index (χ4v) is 2.74. The van der Waals surface area contributed by atoms with Crippen LogP contribution in [-0.4, -0.2) is 0 Å². The van der Waals surface area contributed by atoms with E-state index in [1.807, 2.05) is 0 Å². The average molecular weight is 227 g/mol. The molecule has 0 unspecified atom stereocenters. The van der Waals surface area contributed by atoms with Gasteiger partial charge in [0, 0.05) is 0 Å². The van der Waals surface area contributed by atoms with Crippen LogP contribution in [0.1, 0.15) is 43.4 Å². The maximum Gasteiger partial charge on any atom is 0.0828 e. The first-order chi connectivity index (χ1) is 7.98. The SMILES string of the molecule is Cc1ccc(C2(C#N)CC(C(C)C)C2)cc1C. The van der Waals surface area contributed by atoms with Gasteiger partial charge in [0.25, 0.3) is 0 Å². The van der Waals surface area contributed by atoms with E-state index >= 15 is 0 Å². The molecule has 0 N–H and O–H groups in total. The van der Waals surface area contributed by atoms with Crippen LogP contribution in [0.15, 0.2) is 18.2 Å². The second-order valence-corrected chi connectivity index (χ2v) is 5.91. The lowest BCUT2D eigenvalue weighted by Gasteiger charge is -2.45. The minimum absolute atomic E-state index is 0.201. The average Bonchev–Trinajstić information content (AvgIpc) is 2.22. The lowest BCUT2D eigenvalue weighted by molar-refractivity contribution is 0.145. The van der Waals surface area contributed by atoms with Crippen molar-refractivity contribution in [3.8, 4) is 6.07 Å². The molecule has 1 aromatic rings. The monoisotopic (exact) mass is 227 g/mol. The van der Waals surface area contributed by atoms with Crippen LogP contribution in [0.3, 0.4) is 0 Å². The summed E-state index contributed by atoms with van der Waals surface area (Å²) in [5.41, 5.74) is 3.62. The highest BCUT2D eigenvalue weighted by atomic mass is 14.5. The van der Waals surface area contributed by atoms with E-state index in [-0.39, 0.29) is 5.41 Å². The van der Waals surface area contributed by atoms with Crippen molar-refractivity contribution in [2.24, 2.45) is 11.8 Å². The standard InChI is InChI=1S/C16H21N/c1-11(2)14-8-16(9-14,10-17)15-6-5-12(3)13(4)7-15/h5-7,11,14H,8-9H2,1-4H3. The molecule has 0 spiro atoms. The lowest BCUT2D eigenvalue weighted by Crippen LogP contribution is -2.42. The Morgan fingerprint density at radius 2 is 1.88 bits per heavy atom. The molecule has 1 fully saturated rings. The van der Waals surface area contributed by atoms with E-state index in [2.05, 4.69) is 52.0 Å². The van der Waals surface area contributed by atoms with E-state index in [1.54, 1.807) is 0 Å². The molecule has 1 aromatic carbocycles. The third kappa shape index (κ3) is 1.97. The van der Waals surface area contributed by atoms with Gasteiger partial charge in [-0.05, 0) is 55.2 Å². The molecular formula is C16H21N. The number of benzene rings is 1. The molecule has 0 aliphatic heterocycles. The summed E-state index contributed by atoms with van der Waals surface area (Å²) in [4.78, 5) is 0. The van der Waals surface area contributed by atoms with Crippen molar-refractivity contribution in [3.63, 3.8) is 0 Å². The second kappa shape index (κ2) is 4.18. The van der Waals surface area contributed by atoms with Gasteiger partial charge in [-0.15, -0.1) is 0 Å². The largest absolute Gasteiger partial charge is 0.197 e. The van der Waals surface area contributed by atoms with Crippen LogP contribution in [0.2, 0.25) is 0 Å². The van der Waals surface area contributed by atoms with Crippen molar-refractivity contribution < 1.29 is 0 Å². The number of nitrogens with zero attached hydrogens (tertiary/aromatic N) is 1. The van der Waals surface area contributed by atoms with Gasteiger partial charge in [0.2, 0.25) is 0 Å². The molecule has 0 heterocycles. The van der Waals surface area contributed by atoms with E-state index in [1.165, 1.54) is 16.7 Å². The summed E-state index contributed by atoms with van der Waals surface area (Å²) in [6.45, 7) is 8.76. The van der Waals surface area contributed by atoms with Gasteiger partial charge in [-0.3, -0.25) is 0 Å². The molecule has 1 aliphatic carbocycles. The van der Waals surface area contributed by atoms with Crippen molar-refractivity contribution in [3.05, 3.63) is 34.9 Å². The molecule has 2 rings (SSSR count). The summed E-state index contributed by atoms with van der Waals surface area (Å²) in [6, 6.07) is 9.05. The number of hydrogen-bond donors (Lipinski definition) is 0. The molecule has 0 amide bonds. The van der Waals surface area contributed by atoms with Crippen LogP contribution in [0.4, 0.5) is 0 Å². The highest BCUT2D eigenvalue weighted by Gasteiger charge is 2.46. The predicted octanol–water partition coefficient (Wildman–Crippen LogP) is 4.13. The zero-order valence-corrected chi connectivity index (χ0v) is 11.2. The Hall–Kier alpha value is -1.29. The Morgan fingerprint density at radius 1 is 1.24 bits per heavy atom. The highest BCUT2D eigenvalue weighted by molar-refractivity contribution is 5.40. The summed E-state index contributed by atoms with van der Waals surface area (Å²) in [7, 11) is 0. The third-order valence-corrected chi connectivity index (χ3v) is 4.44. The van der Waals surface area contributed by atoms with Crippen molar-refractivity contribution in [1.82, 2.24) is 0 Å². The Labute approximate surface area is 104 Å². The highest BCUT2D eigenvalue weighted by Crippen LogP contribution is 2.50. The summed E-state index contributed by atoms with van der Waals surface area (Å²) in [5.74, 6) is 1.42. The number of nitriles is 1. The minimum Gasteiger partial charge on any atom is -0.197 e. The Morgan fingerprint density at radius 3 is 2.35 bits per heavy atom. The van der Waals surface area contributed by atoms with Crippen LogP contribution in [0.5, 0.6) is 0 Å². The topological polar surface area (TPSA) is 23.8 Å². The van der Waals surface area contributed by atoms with Crippen LogP contribution < -0.4 is 0 Å². The molecule has 1 saturated carbocycles. The van der Waals surface area contributed by atoms with Crippen LogP contribution in [-0.2, 0) is 5.41 Å². The number of aryl methyl sites for hydroxylation is 2. The molecule has 0 radical (unpaired) electrons. The van der Waals surface area contributed by atoms with E-state index in [9.17, 15) is 5.26 Å². The Balaban J connectivity index is 2.27. The van der Waals surface area contributed by atoms with Gasteiger partial charge in [0.15, 0.2) is 0 Å². The number of hydrogen-bond acceptors (Lipinski definition) is 1. The van der Waals surface area contributed by atoms with Gasteiger partial charge in [-0.2, -0.15) is 5.26 Å². The van der Waals surface area contributed by atoms with E-state index < -0.39 is 0 Å². The maximum absolute atomic E-state index is 9.50. The third-order valence-electron chi connectivity index (χ3n) is 4.44. The molecule has 90 valence electrons. The summed E-state index contributed by atoms with van der Waals surface area (Å²) >= 11 is 0. The maximum atomic E-state index is 9.50. The molecule has 1 nitrogen and oxygen atoms in total. The quantitative estimate of drug-likeness (QED) is 0.745. The molecule has 17 heavy (non-hydrogen) atoms. The molecule has 0 aromatic heterocycles. The van der Waals surface area contributed by atoms with Crippen LogP contribution >= 0.6 is 0 Å². The molecule has 0 atom stereocenters. The van der Waals surface area contributed by atoms with Crippen molar-refractivity contribution in [2.45, 2.75) is 46.0 Å². The summed E-state index contributed by atoms with van der Waals surface area (Å²) < 4.78 is 0. The van der Waals surface area contributed by atoms with Gasteiger partial charge in [-0.1, -0.05) is 32.0 Å². The predicted molar refractivity (Wildman–Crippen MR) is 70.8 cm³/mol. The first-order valence-electron chi connectivity index (χ1n) is 6.47. The Bertz CT molecular complexity index is 459. The zero-order valence-electron chi connectivity index (χ0n) is 11.2. The van der Waals surface area contributed by atoms with Gasteiger partial charge >= 0.3 is 0 Å². The van der Waals surface area contributed by atoms with E-state index in [0.29, 0.717) is 5.92 Å². The molecule has 0 bridgehead atoms. The van der Waals surface area contributed by atoms with E-state index in [0.717, 1.165) is 18.8 Å². The van der Waals surface area contributed by atoms with Crippen molar-refractivity contribution in [2.75, 3.05) is 0 Å². The van der Waals surface area contributed by atoms with Crippen LogP contribution in [0, 0.1) is 37.0 Å². The fraction of sp³-hybridized carbons (Fsp3) is 0.562. The smallest absolute Gasteiger partial charge is 0.0828 e. The van der Waals surface area contributed by atoms with Crippen molar-refractivity contribution >= 4 is 0 Å². The van der Waals surface area contributed by atoms with Crippen molar-refractivity contribution in [1.29, 1.82) is 5.26 Å². The second-order valence-electron chi connectivity index (χ2n) is 5.91. The number of rotatable bonds is 2. The Kier molecular flexibility index (Phi) is 3.00. The summed E-state index contributed by atoms with van der Waals surface area (Å²) in [6.07, 6.45) is 2.06. The fourth-order valence-electron chi connectivity index (χ4n) is 2.74. The van der Waals surface area contributed by atoms with E-state index in [4.69, 9.17) is 0 Å². The first kappa shape index (κ1) is 12.2. The molecule has 0 saturated heterocycles. The normalized spacial score (nSPS) is 27.6. The van der Waals surface area contributed by atoms with Gasteiger partial charge in [-0.25, -0.2) is 0 Å². The molecule has 1 heteroatoms. The van der Waals surface area contributed by atoms with Crippen LogP contribution in [0.25, 0.3) is 0 Å². The summed E-state index contributed by atoms with van der Waals surface area (Å²) in [5, 5.41) is 9.50. The molecule has 1 aliphatic rings. The minimum atomic E-state index is -0.201. The van der Waals surface area contributed by atoms with Gasteiger partial charge in [0.1, 0.15) is 0 Å². The lowest BCUT2D eigenvalue weighted by atomic mass is 9.56. The van der Waals surface area contributed by atoms with Gasteiger partial charge in [0.05, 0.1) is 11.5 Å².